The predicted molar refractivity (Wildman–Crippen MR) is 248 cm³/mol. The van der Waals surface area contributed by atoms with Crippen molar-refractivity contribution in [2.45, 2.75) is 49.5 Å². The monoisotopic (exact) mass is 776 g/mol. The minimum Gasteiger partial charge on any atom is -0.300 e. The van der Waals surface area contributed by atoms with E-state index < -0.39 is 0 Å². The highest BCUT2D eigenvalue weighted by Gasteiger charge is 2.11. The normalized spacial score (nSPS) is 10.1. The fourth-order valence-corrected chi connectivity index (χ4v) is 6.40. The molecule has 296 valence electrons. The Morgan fingerprint density at radius 1 is 0.475 bits per heavy atom. The van der Waals surface area contributed by atoms with E-state index in [0.29, 0.717) is 16.8 Å². The highest BCUT2D eigenvalue weighted by atomic mass is 16.1. The van der Waals surface area contributed by atoms with E-state index in [0.717, 1.165) is 66.8 Å². The van der Waals surface area contributed by atoms with Crippen molar-refractivity contribution >= 4 is 50.5 Å². The molecule has 8 rings (SSSR count). The van der Waals surface area contributed by atoms with Crippen molar-refractivity contribution in [2.75, 3.05) is 0 Å². The molecule has 2 aromatic heterocycles. The van der Waals surface area contributed by atoms with Crippen LogP contribution in [0.4, 0.5) is 5.69 Å². The summed E-state index contributed by atoms with van der Waals surface area (Å²) in [5.41, 5.74) is 12.3. The number of aryl methyl sites for hydroxylation is 3. The molecule has 0 saturated carbocycles. The lowest BCUT2D eigenvalue weighted by atomic mass is 10.0. The number of fused-ring (bicyclic) bond motifs is 2. The van der Waals surface area contributed by atoms with Crippen LogP contribution in [0.25, 0.3) is 21.8 Å². The van der Waals surface area contributed by atoms with Gasteiger partial charge in [-0.2, -0.15) is 0 Å². The Morgan fingerprint density at radius 2 is 0.847 bits per heavy atom. The topological polar surface area (TPSA) is 96.1 Å². The third-order valence-corrected chi connectivity index (χ3v) is 9.37. The summed E-state index contributed by atoms with van der Waals surface area (Å²) in [4.78, 5) is 37.1. The van der Waals surface area contributed by atoms with Gasteiger partial charge in [-0.1, -0.05) is 154 Å². The molecule has 0 atom stereocenters. The molecule has 8 aromatic rings. The summed E-state index contributed by atoms with van der Waals surface area (Å²) in [6.07, 6.45) is 0. The molecule has 6 aromatic carbocycles. The van der Waals surface area contributed by atoms with Crippen LogP contribution >= 0.6 is 0 Å². The third kappa shape index (κ3) is 11.5. The van der Waals surface area contributed by atoms with Crippen LogP contribution in [0.3, 0.4) is 0 Å². The van der Waals surface area contributed by atoms with Crippen LogP contribution in [-0.2, 0) is 0 Å². The number of benzene rings is 6. The van der Waals surface area contributed by atoms with Gasteiger partial charge in [-0.05, 0) is 81.6 Å². The number of carbonyl (C=O) groups excluding carboxylic acids is 2. The maximum absolute atomic E-state index is 11.8. The van der Waals surface area contributed by atoms with Crippen molar-refractivity contribution in [1.82, 2.24) is 9.97 Å². The Hall–Kier alpha value is -7.18. The highest BCUT2D eigenvalue weighted by Crippen LogP contribution is 2.25. The second kappa shape index (κ2) is 20.8. The molecule has 0 radical (unpaired) electrons. The van der Waals surface area contributed by atoms with E-state index in [2.05, 4.69) is 34.2 Å². The molecule has 0 aliphatic rings. The van der Waals surface area contributed by atoms with Gasteiger partial charge in [0, 0.05) is 44.4 Å². The van der Waals surface area contributed by atoms with Gasteiger partial charge in [0.15, 0.2) is 11.6 Å². The molecule has 0 spiro atoms. The average Bonchev–Trinajstić information content (AvgIpc) is 3.23. The van der Waals surface area contributed by atoms with Gasteiger partial charge in [-0.3, -0.25) is 25.0 Å². The van der Waals surface area contributed by atoms with Gasteiger partial charge >= 0.3 is 0 Å². The zero-order valence-electron chi connectivity index (χ0n) is 32.8. The van der Waals surface area contributed by atoms with Crippen LogP contribution < -0.4 is 0 Å². The first-order valence-corrected chi connectivity index (χ1v) is 18.8. The minimum atomic E-state index is 0. The van der Waals surface area contributed by atoms with Gasteiger partial charge in [0.1, 0.15) is 0 Å². The van der Waals surface area contributed by atoms with E-state index in [1.807, 2.05) is 166 Å². The van der Waals surface area contributed by atoms with Crippen LogP contribution in [0.15, 0.2) is 175 Å². The first kappa shape index (κ1) is 44.5. The number of Topliss-reactive ketones (excluding diaryl/α,β-unsaturated/α-hetero) is 2. The summed E-state index contributed by atoms with van der Waals surface area (Å²) in [5.74, 6) is 0.104. The van der Waals surface area contributed by atoms with Gasteiger partial charge in [0.2, 0.25) is 0 Å². The molecule has 6 heteroatoms. The second-order valence-electron chi connectivity index (χ2n) is 13.7. The van der Waals surface area contributed by atoms with Crippen molar-refractivity contribution in [3.8, 4) is 0 Å². The first-order valence-electron chi connectivity index (χ1n) is 18.8. The Balaban J connectivity index is 0.000000210. The number of nitrogens with one attached hydrogen (secondary N) is 1. The summed E-state index contributed by atoms with van der Waals surface area (Å²) in [6, 6.07) is 55.7. The number of aliphatic imine (C=N–C) groups is 1. The zero-order chi connectivity index (χ0) is 40.3. The molecule has 0 aliphatic heterocycles. The average molecular weight is 777 g/mol. The fourth-order valence-electron chi connectivity index (χ4n) is 6.40. The van der Waals surface area contributed by atoms with Crippen LogP contribution in [0.2, 0.25) is 0 Å². The van der Waals surface area contributed by atoms with Crippen LogP contribution in [0, 0.1) is 26.2 Å². The summed E-state index contributed by atoms with van der Waals surface area (Å²) in [7, 11) is 0. The van der Waals surface area contributed by atoms with Gasteiger partial charge in [0.05, 0.1) is 28.1 Å². The molecule has 2 heterocycles. The summed E-state index contributed by atoms with van der Waals surface area (Å²) in [5, 5.41) is 9.94. The quantitative estimate of drug-likeness (QED) is 0.129. The lowest BCUT2D eigenvalue weighted by molar-refractivity contribution is 0.100. The van der Waals surface area contributed by atoms with Gasteiger partial charge in [-0.15, -0.1) is 0 Å². The second-order valence-corrected chi connectivity index (χ2v) is 13.7. The molecule has 0 fully saturated rings. The van der Waals surface area contributed by atoms with Gasteiger partial charge < -0.3 is 0 Å². The SMILES string of the molecule is C.C.CC(=O)c1cc2ccc(C)cc2nc1C.CC(=O)c1cc2ccc(N=C(c3ccccc3)c3ccccc3)cc2nc1C.N=C(c1ccccc1)c1ccccc1. The number of hydrogen-bond donors (Lipinski definition) is 1. The Kier molecular flexibility index (Phi) is 15.7. The van der Waals surface area contributed by atoms with Crippen molar-refractivity contribution in [3.63, 3.8) is 0 Å². The van der Waals surface area contributed by atoms with Gasteiger partial charge in [0.25, 0.3) is 0 Å². The van der Waals surface area contributed by atoms with Crippen LogP contribution in [0.5, 0.6) is 0 Å². The maximum atomic E-state index is 11.8. The lowest BCUT2D eigenvalue weighted by Crippen LogP contribution is -2.02. The molecule has 0 aliphatic carbocycles. The number of ketones is 2. The number of hydrogen-bond acceptors (Lipinski definition) is 6. The largest absolute Gasteiger partial charge is 0.300 e. The molecule has 0 bridgehead atoms. The Labute approximate surface area is 348 Å². The molecule has 1 N–H and O–H groups in total. The number of carbonyl (C=O) groups is 2. The van der Waals surface area contributed by atoms with Crippen molar-refractivity contribution in [2.24, 2.45) is 4.99 Å². The zero-order valence-corrected chi connectivity index (χ0v) is 32.8. The molecular weight excluding hydrogens is 725 g/mol. The van der Waals surface area contributed by atoms with E-state index in [1.54, 1.807) is 13.8 Å². The smallest absolute Gasteiger partial charge is 0.161 e. The molecular formula is C53H52N4O2. The Bertz CT molecular complexity index is 2630. The Morgan fingerprint density at radius 3 is 1.25 bits per heavy atom. The maximum Gasteiger partial charge on any atom is 0.161 e. The van der Waals surface area contributed by atoms with Crippen LogP contribution in [-0.4, -0.2) is 33.0 Å². The van der Waals surface area contributed by atoms with Crippen molar-refractivity contribution in [1.29, 1.82) is 5.41 Å². The van der Waals surface area contributed by atoms with E-state index in [4.69, 9.17) is 10.4 Å². The van der Waals surface area contributed by atoms with Crippen molar-refractivity contribution in [3.05, 3.63) is 220 Å². The number of pyridine rings is 2. The van der Waals surface area contributed by atoms with E-state index in [-0.39, 0.29) is 26.4 Å². The minimum absolute atomic E-state index is 0. The molecule has 59 heavy (non-hydrogen) atoms. The van der Waals surface area contributed by atoms with E-state index in [1.165, 1.54) is 5.56 Å². The number of aromatic nitrogens is 2. The van der Waals surface area contributed by atoms with Crippen molar-refractivity contribution < 1.29 is 9.59 Å². The number of rotatable bonds is 7. The summed E-state index contributed by atoms with van der Waals surface area (Å²) >= 11 is 0. The first-order chi connectivity index (χ1) is 27.6. The molecule has 0 unspecified atom stereocenters. The van der Waals surface area contributed by atoms with E-state index in [9.17, 15) is 9.59 Å². The molecule has 0 saturated heterocycles. The predicted octanol–water partition coefficient (Wildman–Crippen LogP) is 13.3. The van der Waals surface area contributed by atoms with Gasteiger partial charge in [-0.25, -0.2) is 4.99 Å². The summed E-state index contributed by atoms with van der Waals surface area (Å²) < 4.78 is 0. The third-order valence-electron chi connectivity index (χ3n) is 9.37. The van der Waals surface area contributed by atoms with Crippen LogP contribution in [0.1, 0.15) is 88.6 Å². The molecule has 6 nitrogen and oxygen atoms in total. The standard InChI is InChI=1S/C25H20N2O.C13H13NO.C13H11N.2CH4/c1-17-23(18(2)28)15-21-13-14-22(16-24(21)26-17)27-25(19-9-5-3-6-10-19)20-11-7-4-8-12-20;1-8-4-5-11-7-12(10(3)15)9(2)14-13(11)6-8;14-13(11-7-3-1-4-8-11)12-9-5-2-6-10-12;;/h3-16H,1-2H3;4-7H,1-3H3;1-10,14H;2*1H4. The van der Waals surface area contributed by atoms with E-state index >= 15 is 0 Å². The number of nitrogens with zero attached hydrogens (tertiary/aromatic N) is 3. The summed E-state index contributed by atoms with van der Waals surface area (Å²) in [6.45, 7) is 8.92. The molecule has 0 amide bonds. The highest BCUT2D eigenvalue weighted by molar-refractivity contribution is 6.14. The lowest BCUT2D eigenvalue weighted by Gasteiger charge is -2.09. The fraction of sp³-hybridized carbons (Fsp3) is 0.132.